The van der Waals surface area contributed by atoms with E-state index in [0.717, 1.165) is 0 Å². The molecular formula is C12H22N2. The summed E-state index contributed by atoms with van der Waals surface area (Å²) in [6, 6.07) is 0. The highest BCUT2D eigenvalue weighted by molar-refractivity contribution is 5.12. The summed E-state index contributed by atoms with van der Waals surface area (Å²) in [5.41, 5.74) is 2.14. The zero-order valence-electron chi connectivity index (χ0n) is 9.93. The molecule has 14 heavy (non-hydrogen) atoms. The second-order valence-corrected chi connectivity index (χ2v) is 5.88. The van der Waals surface area contributed by atoms with Gasteiger partial charge in [-0.1, -0.05) is 20.4 Å². The van der Waals surface area contributed by atoms with Crippen LogP contribution in [-0.4, -0.2) is 43.0 Å². The number of allylic oxidation sites excluding steroid dienone is 1. The summed E-state index contributed by atoms with van der Waals surface area (Å²) in [7, 11) is 2.24. The van der Waals surface area contributed by atoms with Gasteiger partial charge in [0, 0.05) is 42.7 Å². The average molecular weight is 194 g/mol. The summed E-state index contributed by atoms with van der Waals surface area (Å²) in [4.78, 5) is 4.92. The van der Waals surface area contributed by atoms with E-state index < -0.39 is 0 Å². The van der Waals surface area contributed by atoms with Gasteiger partial charge in [-0.15, -0.1) is 0 Å². The van der Waals surface area contributed by atoms with E-state index in [0.29, 0.717) is 10.8 Å². The molecule has 2 heteroatoms. The maximum Gasteiger partial charge on any atom is 0.0247 e. The Labute approximate surface area is 87.6 Å². The molecule has 2 rings (SSSR count). The Hall–Kier alpha value is -0.500. The molecular weight excluding hydrogens is 172 g/mol. The molecule has 0 unspecified atom stereocenters. The fraction of sp³-hybridized carbons (Fsp3) is 0.833. The molecule has 0 aromatic rings. The molecule has 2 nitrogen and oxygen atoms in total. The second kappa shape index (κ2) is 2.75. The molecule has 0 aromatic heterocycles. The van der Waals surface area contributed by atoms with Gasteiger partial charge in [-0.05, 0) is 14.0 Å². The molecule has 0 amide bonds. The molecule has 2 aliphatic heterocycles. The number of likely N-dealkylation sites (tertiary alicyclic amines) is 2. The van der Waals surface area contributed by atoms with Crippen molar-refractivity contribution in [1.29, 1.82) is 0 Å². The Morgan fingerprint density at radius 1 is 1.07 bits per heavy atom. The predicted molar refractivity (Wildman–Crippen MR) is 60.1 cm³/mol. The van der Waals surface area contributed by atoms with Crippen LogP contribution in [0.15, 0.2) is 12.3 Å². The van der Waals surface area contributed by atoms with Crippen molar-refractivity contribution in [2.45, 2.75) is 20.8 Å². The molecule has 2 heterocycles. The van der Waals surface area contributed by atoms with Crippen LogP contribution in [0.1, 0.15) is 20.8 Å². The Morgan fingerprint density at radius 3 is 1.86 bits per heavy atom. The van der Waals surface area contributed by atoms with Crippen molar-refractivity contribution in [2.24, 2.45) is 10.8 Å². The van der Waals surface area contributed by atoms with Gasteiger partial charge in [-0.2, -0.15) is 0 Å². The first-order chi connectivity index (χ1) is 6.36. The van der Waals surface area contributed by atoms with Gasteiger partial charge in [0.15, 0.2) is 0 Å². The number of nitrogens with zero attached hydrogens (tertiary/aromatic N) is 2. The summed E-state index contributed by atoms with van der Waals surface area (Å²) >= 11 is 0. The van der Waals surface area contributed by atoms with E-state index in [1.807, 2.05) is 0 Å². The molecule has 0 radical (unpaired) electrons. The van der Waals surface area contributed by atoms with Gasteiger partial charge in [-0.25, -0.2) is 0 Å². The fourth-order valence-corrected chi connectivity index (χ4v) is 3.28. The van der Waals surface area contributed by atoms with Crippen LogP contribution in [0.4, 0.5) is 0 Å². The molecule has 2 atom stereocenters. The van der Waals surface area contributed by atoms with Crippen molar-refractivity contribution in [3.8, 4) is 0 Å². The highest BCUT2D eigenvalue weighted by atomic mass is 15.3. The maximum atomic E-state index is 4.06. The summed E-state index contributed by atoms with van der Waals surface area (Å²) in [6.07, 6.45) is 0. The van der Waals surface area contributed by atoms with E-state index in [4.69, 9.17) is 0 Å². The van der Waals surface area contributed by atoms with Crippen molar-refractivity contribution < 1.29 is 0 Å². The molecule has 80 valence electrons. The van der Waals surface area contributed by atoms with E-state index in [9.17, 15) is 0 Å². The highest BCUT2D eigenvalue weighted by Gasteiger charge is 2.56. The molecule has 0 spiro atoms. The first kappa shape index (κ1) is 10.0. The van der Waals surface area contributed by atoms with Crippen molar-refractivity contribution in [3.05, 3.63) is 12.3 Å². The number of rotatable bonds is 1. The SMILES string of the molecule is C=C(C)N1C[C@]2(C)CN(C)C[C@]2(C)C1. The minimum Gasteiger partial charge on any atom is -0.374 e. The number of hydrogen-bond donors (Lipinski definition) is 0. The smallest absolute Gasteiger partial charge is 0.0247 e. The van der Waals surface area contributed by atoms with Crippen LogP contribution in [-0.2, 0) is 0 Å². The van der Waals surface area contributed by atoms with Gasteiger partial charge in [0.1, 0.15) is 0 Å². The summed E-state index contributed by atoms with van der Waals surface area (Å²) in [5.74, 6) is 0. The third-order valence-corrected chi connectivity index (χ3v) is 4.31. The normalized spacial score (nSPS) is 43.0. The predicted octanol–water partition coefficient (Wildman–Crippen LogP) is 1.79. The second-order valence-electron chi connectivity index (χ2n) is 5.88. The minimum atomic E-state index is 0.459. The zero-order chi connectivity index (χ0) is 10.6. The molecule has 0 N–H and O–H groups in total. The lowest BCUT2D eigenvalue weighted by atomic mass is 9.71. The standard InChI is InChI=1S/C12H22N2/c1-10(2)14-8-11(3)6-13(5)7-12(11,4)9-14/h1,6-9H2,2-5H3/t11-,12+. The maximum absolute atomic E-state index is 4.06. The van der Waals surface area contributed by atoms with Gasteiger partial charge < -0.3 is 9.80 Å². The lowest BCUT2D eigenvalue weighted by Gasteiger charge is -2.30. The van der Waals surface area contributed by atoms with E-state index in [-0.39, 0.29) is 0 Å². The fourth-order valence-electron chi connectivity index (χ4n) is 3.28. The Bertz CT molecular complexity index is 253. The third kappa shape index (κ3) is 1.20. The van der Waals surface area contributed by atoms with Crippen LogP contribution >= 0.6 is 0 Å². The van der Waals surface area contributed by atoms with E-state index in [2.05, 4.69) is 44.2 Å². The van der Waals surface area contributed by atoms with Crippen LogP contribution in [0, 0.1) is 10.8 Å². The van der Waals surface area contributed by atoms with Crippen molar-refractivity contribution >= 4 is 0 Å². The molecule has 0 aromatic carbocycles. The van der Waals surface area contributed by atoms with E-state index >= 15 is 0 Å². The van der Waals surface area contributed by atoms with Crippen LogP contribution in [0.3, 0.4) is 0 Å². The van der Waals surface area contributed by atoms with Gasteiger partial charge in [0.2, 0.25) is 0 Å². The Morgan fingerprint density at radius 2 is 1.50 bits per heavy atom. The zero-order valence-corrected chi connectivity index (χ0v) is 9.93. The Balaban J connectivity index is 2.23. The monoisotopic (exact) mass is 194 g/mol. The van der Waals surface area contributed by atoms with Gasteiger partial charge in [-0.3, -0.25) is 0 Å². The van der Waals surface area contributed by atoms with Crippen LogP contribution in [0.5, 0.6) is 0 Å². The largest absolute Gasteiger partial charge is 0.374 e. The third-order valence-electron chi connectivity index (χ3n) is 4.31. The first-order valence-electron chi connectivity index (χ1n) is 5.45. The summed E-state index contributed by atoms with van der Waals surface area (Å²) < 4.78 is 0. The molecule has 2 fully saturated rings. The molecule has 0 aliphatic carbocycles. The summed E-state index contributed by atoms with van der Waals surface area (Å²) in [6.45, 7) is 15.9. The topological polar surface area (TPSA) is 6.48 Å². The van der Waals surface area contributed by atoms with Gasteiger partial charge in [0.25, 0.3) is 0 Å². The van der Waals surface area contributed by atoms with E-state index in [1.54, 1.807) is 0 Å². The average Bonchev–Trinajstić information content (AvgIpc) is 2.33. The summed E-state index contributed by atoms with van der Waals surface area (Å²) in [5, 5.41) is 0. The van der Waals surface area contributed by atoms with Crippen molar-refractivity contribution in [3.63, 3.8) is 0 Å². The number of fused-ring (bicyclic) bond motifs is 1. The van der Waals surface area contributed by atoms with Gasteiger partial charge >= 0.3 is 0 Å². The molecule has 0 saturated carbocycles. The van der Waals surface area contributed by atoms with Crippen LogP contribution in [0.2, 0.25) is 0 Å². The Kier molecular flexibility index (Phi) is 1.97. The highest BCUT2D eigenvalue weighted by Crippen LogP contribution is 2.51. The van der Waals surface area contributed by atoms with Crippen molar-refractivity contribution in [2.75, 3.05) is 33.2 Å². The molecule has 0 bridgehead atoms. The molecule has 2 saturated heterocycles. The van der Waals surface area contributed by atoms with Crippen LogP contribution in [0.25, 0.3) is 0 Å². The lowest BCUT2D eigenvalue weighted by molar-refractivity contribution is 0.212. The number of hydrogen-bond acceptors (Lipinski definition) is 2. The van der Waals surface area contributed by atoms with E-state index in [1.165, 1.54) is 31.9 Å². The lowest BCUT2D eigenvalue weighted by Crippen LogP contribution is -2.34. The quantitative estimate of drug-likeness (QED) is 0.628. The van der Waals surface area contributed by atoms with Gasteiger partial charge in [0.05, 0.1) is 0 Å². The van der Waals surface area contributed by atoms with Crippen molar-refractivity contribution in [1.82, 2.24) is 9.80 Å². The molecule has 2 aliphatic rings. The van der Waals surface area contributed by atoms with Crippen LogP contribution < -0.4 is 0 Å². The first-order valence-corrected chi connectivity index (χ1v) is 5.45. The minimum absolute atomic E-state index is 0.459.